The second-order valence-corrected chi connectivity index (χ2v) is 7.89. The summed E-state index contributed by atoms with van der Waals surface area (Å²) in [5.41, 5.74) is 8.12. The predicted molar refractivity (Wildman–Crippen MR) is 125 cm³/mol. The second kappa shape index (κ2) is 9.69. The van der Waals surface area contributed by atoms with Crippen molar-refractivity contribution in [1.82, 2.24) is 10.9 Å². The highest BCUT2D eigenvalue weighted by atomic mass is 16.6. The van der Waals surface area contributed by atoms with Gasteiger partial charge in [-0.1, -0.05) is 0 Å². The molecular weight excluding hydrogens is 476 g/mol. The van der Waals surface area contributed by atoms with E-state index < -0.39 is 33.0 Å². The van der Waals surface area contributed by atoms with Crippen LogP contribution >= 0.6 is 0 Å². The molecule has 1 aromatic carbocycles. The summed E-state index contributed by atoms with van der Waals surface area (Å²) < 4.78 is 10.8. The molecule has 1 aliphatic carbocycles. The summed E-state index contributed by atoms with van der Waals surface area (Å²) in [6.07, 6.45) is 3.05. The molecule has 186 valence electrons. The lowest BCUT2D eigenvalue weighted by Gasteiger charge is -2.13. The molecule has 14 nitrogen and oxygen atoms in total. The number of hydrazine groups is 1. The number of aryl methyl sites for hydroxylation is 2. The molecule has 3 aromatic rings. The average Bonchev–Trinajstić information content (AvgIpc) is 3.44. The number of nitrogens with zero attached hydrogens (tertiary/aromatic N) is 3. The summed E-state index contributed by atoms with van der Waals surface area (Å²) in [6, 6.07) is 4.65. The Bertz CT molecular complexity index is 1420. The molecule has 0 spiro atoms. The fraction of sp³-hybridized carbons (Fsp3) is 0.227. The first-order chi connectivity index (χ1) is 17.2. The second-order valence-electron chi connectivity index (χ2n) is 7.89. The molecule has 3 N–H and O–H groups in total. The van der Waals surface area contributed by atoms with Gasteiger partial charge in [0.15, 0.2) is 5.76 Å². The fourth-order valence-corrected chi connectivity index (χ4v) is 3.86. The van der Waals surface area contributed by atoms with Gasteiger partial charge >= 0.3 is 11.6 Å². The highest BCUT2D eigenvalue weighted by molar-refractivity contribution is 6.07. The maximum Gasteiger partial charge on any atom is 0.305 e. The number of nitro benzene ring substituents is 2. The third kappa shape index (κ3) is 4.64. The van der Waals surface area contributed by atoms with E-state index in [2.05, 4.69) is 21.4 Å². The topological polar surface area (TPSA) is 195 Å². The smallest absolute Gasteiger partial charge is 0.305 e. The zero-order valence-electron chi connectivity index (χ0n) is 19.1. The lowest BCUT2D eigenvalue weighted by Crippen LogP contribution is -2.41. The third-order valence-corrected chi connectivity index (χ3v) is 5.63. The van der Waals surface area contributed by atoms with Crippen molar-refractivity contribution >= 4 is 34.6 Å². The van der Waals surface area contributed by atoms with Gasteiger partial charge in [-0.15, -0.1) is 0 Å². The van der Waals surface area contributed by atoms with Crippen LogP contribution in [-0.2, 0) is 6.42 Å². The number of hydrazone groups is 1. The molecule has 0 aliphatic heterocycles. The number of hydrogen-bond acceptors (Lipinski definition) is 10. The van der Waals surface area contributed by atoms with Gasteiger partial charge in [0.25, 0.3) is 11.6 Å². The molecule has 0 fully saturated rings. The van der Waals surface area contributed by atoms with Crippen molar-refractivity contribution in [2.24, 2.45) is 5.10 Å². The van der Waals surface area contributed by atoms with E-state index in [0.717, 1.165) is 12.1 Å². The lowest BCUT2D eigenvalue weighted by atomic mass is 9.93. The number of non-ortho nitro benzene ring substituents is 1. The van der Waals surface area contributed by atoms with Crippen molar-refractivity contribution in [3.05, 3.63) is 84.7 Å². The number of nitro groups is 2. The highest BCUT2D eigenvalue weighted by Crippen LogP contribution is 2.32. The van der Waals surface area contributed by atoms with Crippen LogP contribution in [0, 0.1) is 34.1 Å². The van der Waals surface area contributed by atoms with Crippen molar-refractivity contribution in [3.63, 3.8) is 0 Å². The molecule has 2 aromatic heterocycles. The molecule has 4 rings (SSSR count). The van der Waals surface area contributed by atoms with Crippen molar-refractivity contribution in [1.29, 1.82) is 0 Å². The Morgan fingerprint density at radius 2 is 1.78 bits per heavy atom. The minimum atomic E-state index is -0.743. The maximum absolute atomic E-state index is 12.7. The predicted octanol–water partition coefficient (Wildman–Crippen LogP) is 3.53. The van der Waals surface area contributed by atoms with Crippen molar-refractivity contribution < 1.29 is 28.3 Å². The van der Waals surface area contributed by atoms with Crippen molar-refractivity contribution in [2.45, 2.75) is 33.1 Å². The van der Waals surface area contributed by atoms with Gasteiger partial charge in [-0.3, -0.25) is 46.1 Å². The van der Waals surface area contributed by atoms with Crippen LogP contribution in [-0.4, -0.2) is 27.4 Å². The van der Waals surface area contributed by atoms with Crippen LogP contribution in [0.25, 0.3) is 0 Å². The lowest BCUT2D eigenvalue weighted by molar-refractivity contribution is -0.393. The zero-order valence-corrected chi connectivity index (χ0v) is 19.1. The van der Waals surface area contributed by atoms with Gasteiger partial charge in [0.1, 0.15) is 17.2 Å². The summed E-state index contributed by atoms with van der Waals surface area (Å²) in [5, 5.41) is 26.6. The van der Waals surface area contributed by atoms with Gasteiger partial charge in [0.2, 0.25) is 0 Å². The minimum absolute atomic E-state index is 0.0138. The molecule has 0 unspecified atom stereocenters. The van der Waals surface area contributed by atoms with Gasteiger partial charge in [-0.05, 0) is 38.8 Å². The Morgan fingerprint density at radius 1 is 1.03 bits per heavy atom. The van der Waals surface area contributed by atoms with Crippen molar-refractivity contribution in [3.8, 4) is 0 Å². The number of benzene rings is 1. The molecule has 0 saturated heterocycles. The van der Waals surface area contributed by atoms with E-state index in [4.69, 9.17) is 8.83 Å². The largest absolute Gasteiger partial charge is 0.469 e. The summed E-state index contributed by atoms with van der Waals surface area (Å²) in [6.45, 7) is 3.27. The molecule has 1 aliphatic rings. The maximum atomic E-state index is 12.7. The summed E-state index contributed by atoms with van der Waals surface area (Å²) in [4.78, 5) is 45.8. The minimum Gasteiger partial charge on any atom is -0.469 e. The number of rotatable bonds is 6. The molecule has 14 heteroatoms. The number of nitrogens with one attached hydrogen (secondary N) is 3. The Labute approximate surface area is 202 Å². The van der Waals surface area contributed by atoms with E-state index in [1.54, 1.807) is 13.8 Å². The number of carbonyl (C=O) groups excluding carboxylic acids is 2. The number of hydrogen-bond donors (Lipinski definition) is 3. The van der Waals surface area contributed by atoms with Gasteiger partial charge in [0.05, 0.1) is 33.5 Å². The normalized spacial score (nSPS) is 13.7. The first-order valence-corrected chi connectivity index (χ1v) is 10.7. The van der Waals surface area contributed by atoms with E-state index in [9.17, 15) is 29.8 Å². The third-order valence-electron chi connectivity index (χ3n) is 5.63. The van der Waals surface area contributed by atoms with Crippen LogP contribution in [0.3, 0.4) is 0 Å². The number of anilines is 1. The SMILES string of the molecule is Cc1occc1C(=O)NNC(=O)c1oc2c(c1C)/C(=N/Nc1ccc([N+](=O)[O-])cc1[N+](=O)[O-])CCC2. The molecule has 0 atom stereocenters. The summed E-state index contributed by atoms with van der Waals surface area (Å²) >= 11 is 0. The molecule has 36 heavy (non-hydrogen) atoms. The van der Waals surface area contributed by atoms with Gasteiger partial charge in [-0.25, -0.2) is 0 Å². The number of fused-ring (bicyclic) bond motifs is 1. The number of carbonyl (C=O) groups is 2. The van der Waals surface area contributed by atoms with E-state index in [1.165, 1.54) is 18.4 Å². The molecule has 2 amide bonds. The fourth-order valence-electron chi connectivity index (χ4n) is 3.86. The van der Waals surface area contributed by atoms with Gasteiger partial charge < -0.3 is 8.83 Å². The number of amides is 2. The van der Waals surface area contributed by atoms with Gasteiger partial charge in [0, 0.05) is 23.6 Å². The quantitative estimate of drug-likeness (QED) is 0.338. The van der Waals surface area contributed by atoms with E-state index in [-0.39, 0.29) is 17.0 Å². The van der Waals surface area contributed by atoms with Crippen LogP contribution < -0.4 is 16.3 Å². The molecule has 2 heterocycles. The van der Waals surface area contributed by atoms with Gasteiger partial charge in [-0.2, -0.15) is 5.10 Å². The standard InChI is InChI=1S/C22H20N6O8/c1-11-19-16(24-23-15-7-6-13(27(31)32)10-17(15)28(33)34)4-3-5-18(19)36-20(11)22(30)26-25-21(29)14-8-9-35-12(14)2/h6-10,23H,3-5H2,1-2H3,(H,25,29)(H,26,30)/b24-16+. The first-order valence-electron chi connectivity index (χ1n) is 10.7. The Morgan fingerprint density at radius 3 is 2.44 bits per heavy atom. The van der Waals surface area contributed by atoms with Crippen LogP contribution in [0.2, 0.25) is 0 Å². The number of furan rings is 2. The van der Waals surface area contributed by atoms with Crippen LogP contribution in [0.15, 0.2) is 44.5 Å². The van der Waals surface area contributed by atoms with Crippen molar-refractivity contribution in [2.75, 3.05) is 5.43 Å². The Balaban J connectivity index is 1.55. The van der Waals surface area contributed by atoms with Crippen LogP contribution in [0.4, 0.5) is 17.1 Å². The average molecular weight is 496 g/mol. The highest BCUT2D eigenvalue weighted by Gasteiger charge is 2.29. The molecule has 0 radical (unpaired) electrons. The van der Waals surface area contributed by atoms with E-state index in [1.807, 2.05) is 0 Å². The Hall–Kier alpha value is -5.01. The van der Waals surface area contributed by atoms with Crippen LogP contribution in [0.5, 0.6) is 0 Å². The van der Waals surface area contributed by atoms with E-state index in [0.29, 0.717) is 47.6 Å². The summed E-state index contributed by atoms with van der Waals surface area (Å²) in [7, 11) is 0. The first kappa shape index (κ1) is 24.1. The van der Waals surface area contributed by atoms with Crippen LogP contribution in [0.1, 0.15) is 56.4 Å². The summed E-state index contributed by atoms with van der Waals surface area (Å²) in [5.74, 6) is -0.331. The molecule has 0 saturated carbocycles. The molecule has 0 bridgehead atoms. The van der Waals surface area contributed by atoms with E-state index >= 15 is 0 Å². The Kier molecular flexibility index (Phi) is 6.50. The monoisotopic (exact) mass is 496 g/mol. The molecular formula is C22H20N6O8. The zero-order chi connectivity index (χ0) is 26.0.